The Morgan fingerprint density at radius 1 is 1.28 bits per heavy atom. The molecule has 1 aliphatic heterocycles. The van der Waals surface area contributed by atoms with Gasteiger partial charge >= 0.3 is 11.9 Å². The zero-order chi connectivity index (χ0) is 12.7. The van der Waals surface area contributed by atoms with Crippen LogP contribution in [0.3, 0.4) is 0 Å². The first kappa shape index (κ1) is 11.0. The number of carbonyl (C=O) groups is 1. The van der Waals surface area contributed by atoms with Gasteiger partial charge in [0.15, 0.2) is 5.57 Å². The Balaban J connectivity index is 2.00. The summed E-state index contributed by atoms with van der Waals surface area (Å²) in [6.07, 6.45) is 1.75. The average molecular weight is 259 g/mol. The highest BCUT2D eigenvalue weighted by molar-refractivity contribution is 7.17. The number of pyridine rings is 1. The Hall–Kier alpha value is -2.14. The van der Waals surface area contributed by atoms with Crippen LogP contribution in [0.5, 0.6) is 0 Å². The molecule has 1 N–H and O–H groups in total. The molecule has 1 aliphatic rings. The molecule has 0 spiro atoms. The van der Waals surface area contributed by atoms with E-state index in [1.54, 1.807) is 6.20 Å². The van der Waals surface area contributed by atoms with E-state index in [1.165, 1.54) is 11.3 Å². The summed E-state index contributed by atoms with van der Waals surface area (Å²) in [7, 11) is 0. The van der Waals surface area contributed by atoms with E-state index in [1.807, 2.05) is 31.2 Å². The zero-order valence-electron chi connectivity index (χ0n) is 9.51. The van der Waals surface area contributed by atoms with Gasteiger partial charge in [-0.15, -0.1) is 11.3 Å². The van der Waals surface area contributed by atoms with Gasteiger partial charge in [-0.2, -0.15) is 0 Å². The summed E-state index contributed by atoms with van der Waals surface area (Å²) in [6, 6.07) is 7.61. The van der Waals surface area contributed by atoms with Gasteiger partial charge in [-0.1, -0.05) is 0 Å². The summed E-state index contributed by atoms with van der Waals surface area (Å²) < 4.78 is 4.43. The van der Waals surface area contributed by atoms with Crippen molar-refractivity contribution in [2.45, 2.75) is 6.92 Å². The van der Waals surface area contributed by atoms with Gasteiger partial charge in [0.2, 0.25) is 0 Å². The average Bonchev–Trinajstić information content (AvgIpc) is 2.77. The molecular formula is C13H9NO3S. The minimum absolute atomic E-state index is 0.261. The van der Waals surface area contributed by atoms with Gasteiger partial charge in [0.25, 0.3) is 0 Å². The lowest BCUT2D eigenvalue weighted by molar-refractivity contribution is -0.142. The topological polar surface area (TPSA) is 59.4 Å². The highest BCUT2D eigenvalue weighted by Gasteiger charge is 2.32. The number of ether oxygens (including phenoxy) is 1. The van der Waals surface area contributed by atoms with Gasteiger partial charge in [0, 0.05) is 21.6 Å². The van der Waals surface area contributed by atoms with Gasteiger partial charge in [-0.05, 0) is 36.8 Å². The molecule has 0 aromatic carbocycles. The first-order chi connectivity index (χ1) is 8.65. The second-order valence-corrected chi connectivity index (χ2v) is 5.00. The first-order valence-corrected chi connectivity index (χ1v) is 6.15. The first-order valence-electron chi connectivity index (χ1n) is 5.34. The van der Waals surface area contributed by atoms with E-state index >= 15 is 0 Å². The normalized spacial score (nSPS) is 14.4. The second-order valence-electron chi connectivity index (χ2n) is 3.92. The van der Waals surface area contributed by atoms with Crippen LogP contribution in [-0.2, 0) is 9.53 Å². The molecule has 0 atom stereocenters. The number of rotatable bonds is 2. The smallest absolute Gasteiger partial charge is 0.354 e. The van der Waals surface area contributed by atoms with E-state index in [9.17, 15) is 9.90 Å². The fourth-order valence-corrected chi connectivity index (χ4v) is 2.79. The van der Waals surface area contributed by atoms with E-state index in [-0.39, 0.29) is 11.5 Å². The Kier molecular flexibility index (Phi) is 2.41. The number of thiophene rings is 1. The summed E-state index contributed by atoms with van der Waals surface area (Å²) in [6.45, 7) is 1.93. The van der Waals surface area contributed by atoms with Crippen molar-refractivity contribution < 1.29 is 14.6 Å². The quantitative estimate of drug-likeness (QED) is 0.842. The molecule has 4 nitrogen and oxygen atoms in total. The van der Waals surface area contributed by atoms with Crippen LogP contribution in [0.15, 0.2) is 36.4 Å². The zero-order valence-corrected chi connectivity index (χ0v) is 10.3. The van der Waals surface area contributed by atoms with Crippen molar-refractivity contribution in [2.75, 3.05) is 0 Å². The van der Waals surface area contributed by atoms with Crippen LogP contribution >= 0.6 is 11.3 Å². The lowest BCUT2D eigenvalue weighted by Crippen LogP contribution is -2.19. The van der Waals surface area contributed by atoms with Crippen molar-refractivity contribution in [1.29, 1.82) is 0 Å². The van der Waals surface area contributed by atoms with Gasteiger partial charge in [0.05, 0.1) is 0 Å². The molecule has 3 rings (SSSR count). The number of aromatic nitrogens is 1. The van der Waals surface area contributed by atoms with Crippen LogP contribution in [0.1, 0.15) is 10.6 Å². The highest BCUT2D eigenvalue weighted by atomic mass is 32.1. The number of nitrogens with zero attached hydrogens (tertiary/aromatic N) is 1. The summed E-state index contributed by atoms with van der Waals surface area (Å²) >= 11 is 1.44. The third-order valence-electron chi connectivity index (χ3n) is 2.64. The SMILES string of the molecule is Cc1cc(-c2ccc(C3=C(O)OC3=O)s2)ccn1. The standard InChI is InChI=1S/C13H9NO3S/c1-7-6-8(4-5-14-7)9-2-3-10(18-9)11-12(15)17-13(11)16/h2-6,15H,1H3. The molecule has 0 fully saturated rings. The Bertz CT molecular complexity index is 672. The predicted octanol–water partition coefficient (Wildman–Crippen LogP) is 2.90. The maximum atomic E-state index is 11.2. The number of carbonyl (C=O) groups excluding carboxylic acids is 1. The minimum atomic E-state index is -0.480. The Morgan fingerprint density at radius 2 is 2.06 bits per heavy atom. The Morgan fingerprint density at radius 3 is 2.72 bits per heavy atom. The van der Waals surface area contributed by atoms with Crippen molar-refractivity contribution in [3.63, 3.8) is 0 Å². The van der Waals surface area contributed by atoms with Crippen LogP contribution in [0.4, 0.5) is 0 Å². The van der Waals surface area contributed by atoms with Crippen molar-refractivity contribution in [3.05, 3.63) is 47.0 Å². The molecule has 2 aromatic heterocycles. The van der Waals surface area contributed by atoms with Gasteiger partial charge in [-0.25, -0.2) is 4.79 Å². The largest absolute Gasteiger partial charge is 0.480 e. The molecule has 0 saturated heterocycles. The second kappa shape index (κ2) is 3.96. The maximum absolute atomic E-state index is 11.2. The molecular weight excluding hydrogens is 250 g/mol. The lowest BCUT2D eigenvalue weighted by atomic mass is 10.1. The molecule has 3 heterocycles. The molecule has 2 aromatic rings. The van der Waals surface area contributed by atoms with E-state index in [0.29, 0.717) is 4.88 Å². The van der Waals surface area contributed by atoms with Crippen LogP contribution < -0.4 is 0 Å². The minimum Gasteiger partial charge on any atom is -0.480 e. The molecule has 0 radical (unpaired) electrons. The van der Waals surface area contributed by atoms with E-state index in [4.69, 9.17) is 0 Å². The fourth-order valence-electron chi connectivity index (χ4n) is 1.76. The summed E-state index contributed by atoms with van der Waals surface area (Å²) in [5.41, 5.74) is 2.25. The Labute approximate surface area is 107 Å². The van der Waals surface area contributed by atoms with Gasteiger partial charge < -0.3 is 9.84 Å². The number of aliphatic hydroxyl groups is 1. The predicted molar refractivity (Wildman–Crippen MR) is 67.9 cm³/mol. The van der Waals surface area contributed by atoms with Crippen LogP contribution in [0, 0.1) is 6.92 Å². The van der Waals surface area contributed by atoms with Gasteiger partial charge in [-0.3, -0.25) is 4.98 Å². The van der Waals surface area contributed by atoms with Crippen LogP contribution in [0.25, 0.3) is 16.0 Å². The highest BCUT2D eigenvalue weighted by Crippen LogP contribution is 2.37. The summed E-state index contributed by atoms with van der Waals surface area (Å²) in [4.78, 5) is 17.1. The van der Waals surface area contributed by atoms with Crippen molar-refractivity contribution in [1.82, 2.24) is 4.98 Å². The molecule has 0 amide bonds. The number of aliphatic hydroxyl groups excluding tert-OH is 1. The van der Waals surface area contributed by atoms with E-state index < -0.39 is 5.97 Å². The third kappa shape index (κ3) is 1.69. The van der Waals surface area contributed by atoms with E-state index in [2.05, 4.69) is 9.72 Å². The maximum Gasteiger partial charge on any atom is 0.354 e. The monoisotopic (exact) mass is 259 g/mol. The third-order valence-corrected chi connectivity index (χ3v) is 3.79. The molecule has 90 valence electrons. The lowest BCUT2D eigenvalue weighted by Gasteiger charge is -2.15. The number of esters is 1. The number of hydrogen-bond donors (Lipinski definition) is 1. The van der Waals surface area contributed by atoms with Crippen molar-refractivity contribution in [2.24, 2.45) is 0 Å². The summed E-state index contributed by atoms with van der Waals surface area (Å²) in [5.74, 6) is -0.772. The van der Waals surface area contributed by atoms with Crippen LogP contribution in [0.2, 0.25) is 0 Å². The molecule has 5 heteroatoms. The van der Waals surface area contributed by atoms with Gasteiger partial charge in [0.1, 0.15) is 0 Å². The van der Waals surface area contributed by atoms with E-state index in [0.717, 1.165) is 16.1 Å². The molecule has 18 heavy (non-hydrogen) atoms. The van der Waals surface area contributed by atoms with Crippen LogP contribution in [-0.4, -0.2) is 16.1 Å². The summed E-state index contributed by atoms with van der Waals surface area (Å²) in [5, 5.41) is 9.29. The molecule has 0 aliphatic carbocycles. The molecule has 0 unspecified atom stereocenters. The van der Waals surface area contributed by atoms with Crippen molar-refractivity contribution in [3.8, 4) is 10.4 Å². The fraction of sp³-hybridized carbons (Fsp3) is 0.0769. The number of aryl methyl sites for hydroxylation is 1. The number of cyclic esters (lactones) is 1. The number of hydrogen-bond acceptors (Lipinski definition) is 5. The molecule has 0 saturated carbocycles. The molecule has 0 bridgehead atoms. The van der Waals surface area contributed by atoms with Crippen molar-refractivity contribution >= 4 is 22.9 Å².